The number of thiophene rings is 1. The number of hydrogen-bond donors (Lipinski definition) is 0. The molecule has 1 rings (SSSR count). The highest BCUT2D eigenvalue weighted by Crippen LogP contribution is 2.18. The molecule has 0 aliphatic carbocycles. The van der Waals surface area contributed by atoms with E-state index in [1.54, 1.807) is 11.3 Å². The van der Waals surface area contributed by atoms with Crippen LogP contribution in [0, 0.1) is 0 Å². The summed E-state index contributed by atoms with van der Waals surface area (Å²) in [6, 6.07) is 2.11. The fourth-order valence-corrected chi connectivity index (χ4v) is 1.63. The summed E-state index contributed by atoms with van der Waals surface area (Å²) in [5, 5.41) is 2.08. The first-order valence-corrected chi connectivity index (χ1v) is 4.06. The average Bonchev–Trinajstić information content (AvgIpc) is 2.36. The highest BCUT2D eigenvalue weighted by atomic mass is 32.1. The molecule has 0 N–H and O–H groups in total. The fourth-order valence-electron chi connectivity index (χ4n) is 0.851. The van der Waals surface area contributed by atoms with Crippen molar-refractivity contribution in [2.24, 2.45) is 0 Å². The average molecular weight is 150 g/mol. The van der Waals surface area contributed by atoms with Gasteiger partial charge in [0.2, 0.25) is 0 Å². The topological polar surface area (TPSA) is 0 Å². The minimum Gasteiger partial charge on any atom is -0.144 e. The molecule has 0 radical (unpaired) electrons. The number of rotatable bonds is 3. The van der Waals surface area contributed by atoms with Crippen molar-refractivity contribution in [3.63, 3.8) is 0 Å². The van der Waals surface area contributed by atoms with E-state index >= 15 is 0 Å². The molecule has 1 heteroatoms. The van der Waals surface area contributed by atoms with Crippen molar-refractivity contribution in [1.29, 1.82) is 0 Å². The Bertz CT molecular complexity index is 233. The van der Waals surface area contributed by atoms with E-state index in [4.69, 9.17) is 0 Å². The fraction of sp³-hybridized carbons (Fsp3) is 0.111. The number of allylic oxidation sites excluding steroid dienone is 1. The minimum atomic E-state index is 0.949. The molecular formula is C9H10S. The molecule has 0 bridgehead atoms. The third-order valence-electron chi connectivity index (χ3n) is 1.33. The van der Waals surface area contributed by atoms with Crippen LogP contribution in [0.15, 0.2) is 30.7 Å². The highest BCUT2D eigenvalue weighted by molar-refractivity contribution is 7.11. The van der Waals surface area contributed by atoms with Crippen LogP contribution in [-0.4, -0.2) is 0 Å². The van der Waals surface area contributed by atoms with E-state index in [1.807, 2.05) is 12.2 Å². The van der Waals surface area contributed by atoms with E-state index < -0.39 is 0 Å². The molecule has 1 heterocycles. The lowest BCUT2D eigenvalue weighted by molar-refractivity contribution is 1.30. The monoisotopic (exact) mass is 150 g/mol. The maximum Gasteiger partial charge on any atom is 0.0299 e. The first kappa shape index (κ1) is 7.29. The maximum absolute atomic E-state index is 3.72. The third-order valence-corrected chi connectivity index (χ3v) is 2.29. The zero-order valence-corrected chi connectivity index (χ0v) is 6.66. The van der Waals surface area contributed by atoms with Gasteiger partial charge in [-0.3, -0.25) is 0 Å². The van der Waals surface area contributed by atoms with Gasteiger partial charge in [-0.1, -0.05) is 18.7 Å². The van der Waals surface area contributed by atoms with Crippen molar-refractivity contribution in [1.82, 2.24) is 0 Å². The zero-order valence-electron chi connectivity index (χ0n) is 5.84. The molecule has 0 amide bonds. The minimum absolute atomic E-state index is 0.949. The van der Waals surface area contributed by atoms with Gasteiger partial charge in [0.25, 0.3) is 0 Å². The lowest BCUT2D eigenvalue weighted by Gasteiger charge is -1.91. The predicted octanol–water partition coefficient (Wildman–Crippen LogP) is 3.12. The van der Waals surface area contributed by atoms with E-state index in [2.05, 4.69) is 24.6 Å². The van der Waals surface area contributed by atoms with Gasteiger partial charge in [0.1, 0.15) is 0 Å². The summed E-state index contributed by atoms with van der Waals surface area (Å²) in [6.07, 6.45) is 4.75. The molecule has 0 aliphatic heterocycles. The Kier molecular flexibility index (Phi) is 2.46. The van der Waals surface area contributed by atoms with Gasteiger partial charge in [0.05, 0.1) is 0 Å². The Balaban J connectivity index is 2.89. The molecule has 1 aromatic rings. The summed E-state index contributed by atoms with van der Waals surface area (Å²) in [4.78, 5) is 1.26. The predicted molar refractivity (Wildman–Crippen MR) is 48.3 cm³/mol. The maximum atomic E-state index is 3.72. The molecule has 0 fully saturated rings. The molecule has 10 heavy (non-hydrogen) atoms. The van der Waals surface area contributed by atoms with Gasteiger partial charge in [-0.05, 0) is 23.4 Å². The first-order valence-electron chi connectivity index (χ1n) is 3.18. The zero-order chi connectivity index (χ0) is 7.40. The van der Waals surface area contributed by atoms with Crippen molar-refractivity contribution in [3.05, 3.63) is 41.1 Å². The molecule has 0 saturated carbocycles. The van der Waals surface area contributed by atoms with Gasteiger partial charge in [-0.15, -0.1) is 17.9 Å². The van der Waals surface area contributed by atoms with Crippen LogP contribution in [0.4, 0.5) is 0 Å². The van der Waals surface area contributed by atoms with Crippen LogP contribution >= 0.6 is 11.3 Å². The largest absolute Gasteiger partial charge is 0.144 e. The van der Waals surface area contributed by atoms with Crippen molar-refractivity contribution in [2.75, 3.05) is 0 Å². The van der Waals surface area contributed by atoms with Gasteiger partial charge >= 0.3 is 0 Å². The molecule has 0 spiro atoms. The standard InChI is InChI=1S/C9H10S/c1-3-5-8-6-7-10-9(8)4-2/h3-4,6-7H,1-2,5H2. The van der Waals surface area contributed by atoms with E-state index in [9.17, 15) is 0 Å². The van der Waals surface area contributed by atoms with Gasteiger partial charge in [0, 0.05) is 4.88 Å². The Morgan fingerprint density at radius 1 is 1.50 bits per heavy atom. The van der Waals surface area contributed by atoms with Crippen LogP contribution in [0.1, 0.15) is 10.4 Å². The van der Waals surface area contributed by atoms with Gasteiger partial charge in [-0.25, -0.2) is 0 Å². The Labute approximate surface area is 65.5 Å². The summed E-state index contributed by atoms with van der Waals surface area (Å²) < 4.78 is 0. The molecule has 0 atom stereocenters. The van der Waals surface area contributed by atoms with Gasteiger partial charge in [-0.2, -0.15) is 0 Å². The molecule has 0 unspecified atom stereocenters. The third kappa shape index (κ3) is 1.36. The lowest BCUT2D eigenvalue weighted by atomic mass is 10.2. The summed E-state index contributed by atoms with van der Waals surface area (Å²) >= 11 is 1.72. The van der Waals surface area contributed by atoms with Crippen LogP contribution in [0.3, 0.4) is 0 Å². The Morgan fingerprint density at radius 3 is 2.90 bits per heavy atom. The van der Waals surface area contributed by atoms with Crippen LogP contribution < -0.4 is 0 Å². The van der Waals surface area contributed by atoms with Crippen LogP contribution in [0.5, 0.6) is 0 Å². The Morgan fingerprint density at radius 2 is 2.30 bits per heavy atom. The summed E-state index contributed by atoms with van der Waals surface area (Å²) in [5.41, 5.74) is 1.33. The molecule has 0 aromatic carbocycles. The second-order valence-electron chi connectivity index (χ2n) is 2.01. The van der Waals surface area contributed by atoms with Crippen molar-refractivity contribution >= 4 is 17.4 Å². The smallest absolute Gasteiger partial charge is 0.0299 e. The van der Waals surface area contributed by atoms with Gasteiger partial charge < -0.3 is 0 Å². The van der Waals surface area contributed by atoms with Crippen LogP contribution in [-0.2, 0) is 6.42 Å². The van der Waals surface area contributed by atoms with Crippen molar-refractivity contribution < 1.29 is 0 Å². The van der Waals surface area contributed by atoms with E-state index in [1.165, 1.54) is 10.4 Å². The SMILES string of the molecule is C=CCc1ccsc1C=C. The van der Waals surface area contributed by atoms with E-state index in [0.29, 0.717) is 0 Å². The summed E-state index contributed by atoms with van der Waals surface area (Å²) in [6.45, 7) is 7.40. The van der Waals surface area contributed by atoms with Crippen molar-refractivity contribution in [3.8, 4) is 0 Å². The molecule has 0 nitrogen and oxygen atoms in total. The van der Waals surface area contributed by atoms with Gasteiger partial charge in [0.15, 0.2) is 0 Å². The molecule has 1 aromatic heterocycles. The number of hydrogen-bond acceptors (Lipinski definition) is 1. The van der Waals surface area contributed by atoms with E-state index in [0.717, 1.165) is 6.42 Å². The normalized spacial score (nSPS) is 9.20. The Hall–Kier alpha value is -0.820. The second-order valence-corrected chi connectivity index (χ2v) is 2.95. The quantitative estimate of drug-likeness (QED) is 0.581. The van der Waals surface area contributed by atoms with Crippen LogP contribution in [0.2, 0.25) is 0 Å². The molecule has 0 saturated heterocycles. The first-order chi connectivity index (χ1) is 4.88. The highest BCUT2D eigenvalue weighted by Gasteiger charge is 1.95. The van der Waals surface area contributed by atoms with Crippen molar-refractivity contribution in [2.45, 2.75) is 6.42 Å². The molecule has 52 valence electrons. The van der Waals surface area contributed by atoms with E-state index in [-0.39, 0.29) is 0 Å². The summed E-state index contributed by atoms with van der Waals surface area (Å²) in [5.74, 6) is 0. The lowest BCUT2D eigenvalue weighted by Crippen LogP contribution is -1.76. The van der Waals surface area contributed by atoms with Crippen LogP contribution in [0.25, 0.3) is 6.08 Å². The summed E-state index contributed by atoms with van der Waals surface area (Å²) in [7, 11) is 0. The second kappa shape index (κ2) is 3.37. The molecule has 0 aliphatic rings. The molecular weight excluding hydrogens is 140 g/mol.